The van der Waals surface area contributed by atoms with Crippen molar-refractivity contribution in [3.8, 4) is 0 Å². The van der Waals surface area contributed by atoms with Crippen LogP contribution in [-0.2, 0) is 0 Å². The van der Waals surface area contributed by atoms with Crippen molar-refractivity contribution in [2.45, 2.75) is 46.5 Å². The minimum atomic E-state index is 0.341. The van der Waals surface area contributed by atoms with E-state index in [0.29, 0.717) is 23.5 Å². The summed E-state index contributed by atoms with van der Waals surface area (Å²) in [5.41, 5.74) is 4.45. The van der Waals surface area contributed by atoms with E-state index in [1.54, 1.807) is 0 Å². The summed E-state index contributed by atoms with van der Waals surface area (Å²) < 4.78 is 0. The standard InChI is InChI=1S/C15H21NO/c1-8-9(2)14(16-10(8)3)15(17)13-11-6-4-5-7-12(11)13/h11-13,16H,4-7H2,1-3H3. The van der Waals surface area contributed by atoms with Gasteiger partial charge in [0, 0.05) is 11.6 Å². The lowest BCUT2D eigenvalue weighted by molar-refractivity contribution is 0.0951. The Bertz CT molecular complexity index is 460. The highest BCUT2D eigenvalue weighted by atomic mass is 16.1. The summed E-state index contributed by atoms with van der Waals surface area (Å²) in [6, 6.07) is 0. The van der Waals surface area contributed by atoms with E-state index in [1.807, 2.05) is 0 Å². The van der Waals surface area contributed by atoms with Crippen LogP contribution in [0.25, 0.3) is 0 Å². The molecule has 2 atom stereocenters. The molecule has 3 rings (SSSR count). The normalized spacial score (nSPS) is 31.1. The van der Waals surface area contributed by atoms with Crippen LogP contribution in [0.1, 0.15) is 53.0 Å². The van der Waals surface area contributed by atoms with Crippen LogP contribution in [0.4, 0.5) is 0 Å². The molecule has 2 nitrogen and oxygen atoms in total. The van der Waals surface area contributed by atoms with Crippen molar-refractivity contribution < 1.29 is 4.79 Å². The van der Waals surface area contributed by atoms with E-state index >= 15 is 0 Å². The number of H-pyrrole nitrogens is 1. The van der Waals surface area contributed by atoms with Crippen molar-refractivity contribution in [1.82, 2.24) is 4.98 Å². The van der Waals surface area contributed by atoms with Gasteiger partial charge >= 0.3 is 0 Å². The van der Waals surface area contributed by atoms with Gasteiger partial charge in [-0.25, -0.2) is 0 Å². The molecule has 92 valence electrons. The van der Waals surface area contributed by atoms with Crippen LogP contribution in [0.5, 0.6) is 0 Å². The molecule has 2 unspecified atom stereocenters. The third-order valence-corrected chi connectivity index (χ3v) is 5.02. The Kier molecular flexibility index (Phi) is 2.42. The van der Waals surface area contributed by atoms with Crippen LogP contribution in [0.15, 0.2) is 0 Å². The maximum Gasteiger partial charge on any atom is 0.182 e. The molecule has 2 aliphatic rings. The largest absolute Gasteiger partial charge is 0.356 e. The van der Waals surface area contributed by atoms with Crippen LogP contribution in [-0.4, -0.2) is 10.8 Å². The average Bonchev–Trinajstić information content (AvgIpc) is 3.01. The van der Waals surface area contributed by atoms with Gasteiger partial charge in [0.05, 0.1) is 5.69 Å². The third kappa shape index (κ3) is 1.57. The van der Waals surface area contributed by atoms with Crippen LogP contribution in [0.2, 0.25) is 0 Å². The van der Waals surface area contributed by atoms with Gasteiger partial charge in [0.25, 0.3) is 0 Å². The minimum absolute atomic E-state index is 0.341. The first-order chi connectivity index (χ1) is 8.11. The van der Waals surface area contributed by atoms with Crippen molar-refractivity contribution in [1.29, 1.82) is 0 Å². The molecule has 17 heavy (non-hydrogen) atoms. The molecule has 2 fully saturated rings. The first-order valence-electron chi connectivity index (χ1n) is 6.81. The van der Waals surface area contributed by atoms with E-state index < -0.39 is 0 Å². The number of ketones is 1. The van der Waals surface area contributed by atoms with Crippen LogP contribution in [0, 0.1) is 38.5 Å². The van der Waals surface area contributed by atoms with Gasteiger partial charge in [0.2, 0.25) is 0 Å². The topological polar surface area (TPSA) is 32.9 Å². The Balaban J connectivity index is 1.85. The first-order valence-corrected chi connectivity index (χ1v) is 6.81. The monoisotopic (exact) mass is 231 g/mol. The second-order valence-electron chi connectivity index (χ2n) is 5.88. The van der Waals surface area contributed by atoms with Gasteiger partial charge in [-0.05, 0) is 56.6 Å². The number of aryl methyl sites for hydroxylation is 1. The number of carbonyl (C=O) groups is 1. The molecule has 2 saturated carbocycles. The summed E-state index contributed by atoms with van der Waals surface area (Å²) in [6.07, 6.45) is 5.21. The van der Waals surface area contributed by atoms with Crippen molar-refractivity contribution in [3.05, 3.63) is 22.5 Å². The number of nitrogens with one attached hydrogen (secondary N) is 1. The van der Waals surface area contributed by atoms with E-state index in [4.69, 9.17) is 0 Å². The van der Waals surface area contributed by atoms with Gasteiger partial charge in [0.15, 0.2) is 5.78 Å². The molecular formula is C15H21NO. The second kappa shape index (κ2) is 3.72. The molecule has 0 saturated heterocycles. The van der Waals surface area contributed by atoms with E-state index in [0.717, 1.165) is 17.0 Å². The van der Waals surface area contributed by atoms with Crippen LogP contribution in [0.3, 0.4) is 0 Å². The molecular weight excluding hydrogens is 210 g/mol. The minimum Gasteiger partial charge on any atom is -0.356 e. The summed E-state index contributed by atoms with van der Waals surface area (Å²) in [5.74, 6) is 2.14. The number of aromatic amines is 1. The van der Waals surface area contributed by atoms with Crippen molar-refractivity contribution in [2.75, 3.05) is 0 Å². The predicted molar refractivity (Wildman–Crippen MR) is 68.3 cm³/mol. The van der Waals surface area contributed by atoms with E-state index in [2.05, 4.69) is 25.8 Å². The summed E-state index contributed by atoms with van der Waals surface area (Å²) in [4.78, 5) is 15.8. The lowest BCUT2D eigenvalue weighted by Crippen LogP contribution is -2.06. The Hall–Kier alpha value is -1.05. The fourth-order valence-electron chi connectivity index (χ4n) is 3.64. The zero-order valence-corrected chi connectivity index (χ0v) is 11.0. The Morgan fingerprint density at radius 1 is 1.06 bits per heavy atom. The molecule has 0 amide bonds. The Morgan fingerprint density at radius 2 is 1.65 bits per heavy atom. The average molecular weight is 231 g/mol. The van der Waals surface area contributed by atoms with Gasteiger partial charge in [-0.15, -0.1) is 0 Å². The molecule has 1 aromatic rings. The summed E-state index contributed by atoms with van der Waals surface area (Å²) in [5, 5.41) is 0. The molecule has 1 N–H and O–H groups in total. The fourth-order valence-corrected chi connectivity index (χ4v) is 3.64. The number of hydrogen-bond acceptors (Lipinski definition) is 1. The van der Waals surface area contributed by atoms with Gasteiger partial charge in [0.1, 0.15) is 0 Å². The van der Waals surface area contributed by atoms with Crippen LogP contribution >= 0.6 is 0 Å². The Morgan fingerprint density at radius 3 is 2.12 bits per heavy atom. The maximum atomic E-state index is 12.5. The van der Waals surface area contributed by atoms with Gasteiger partial charge < -0.3 is 4.98 Å². The van der Waals surface area contributed by atoms with E-state index in [9.17, 15) is 4.79 Å². The van der Waals surface area contributed by atoms with Crippen molar-refractivity contribution >= 4 is 5.78 Å². The number of fused-ring (bicyclic) bond motifs is 1. The molecule has 0 bridgehead atoms. The van der Waals surface area contributed by atoms with Crippen molar-refractivity contribution in [3.63, 3.8) is 0 Å². The summed E-state index contributed by atoms with van der Waals surface area (Å²) >= 11 is 0. The van der Waals surface area contributed by atoms with Gasteiger partial charge in [-0.1, -0.05) is 12.8 Å². The maximum absolute atomic E-state index is 12.5. The van der Waals surface area contributed by atoms with E-state index in [-0.39, 0.29) is 0 Å². The molecule has 0 aliphatic heterocycles. The summed E-state index contributed by atoms with van der Waals surface area (Å²) in [7, 11) is 0. The SMILES string of the molecule is Cc1[nH]c(C(=O)C2C3CCCCC32)c(C)c1C. The molecule has 2 heteroatoms. The zero-order chi connectivity index (χ0) is 12.2. The summed E-state index contributed by atoms with van der Waals surface area (Å²) in [6.45, 7) is 6.22. The highest BCUT2D eigenvalue weighted by molar-refractivity contribution is 6.00. The number of rotatable bonds is 2. The number of Topliss-reactive ketones (excluding diaryl/α,β-unsaturated/α-hetero) is 1. The molecule has 0 aromatic carbocycles. The molecule has 0 spiro atoms. The highest BCUT2D eigenvalue weighted by Crippen LogP contribution is 2.56. The predicted octanol–water partition coefficient (Wildman–Crippen LogP) is 3.56. The Labute approximate surface area is 103 Å². The fraction of sp³-hybridized carbons (Fsp3) is 0.667. The van der Waals surface area contributed by atoms with Gasteiger partial charge in [-0.3, -0.25) is 4.79 Å². The first kappa shape index (κ1) is 11.1. The van der Waals surface area contributed by atoms with Crippen LogP contribution < -0.4 is 0 Å². The number of carbonyl (C=O) groups excluding carboxylic acids is 1. The molecule has 1 heterocycles. The number of aromatic nitrogens is 1. The smallest absolute Gasteiger partial charge is 0.182 e. The highest BCUT2D eigenvalue weighted by Gasteiger charge is 2.55. The van der Waals surface area contributed by atoms with Crippen molar-refractivity contribution in [2.24, 2.45) is 17.8 Å². The molecule has 1 aromatic heterocycles. The lowest BCUT2D eigenvalue weighted by Gasteiger charge is -2.04. The lowest BCUT2D eigenvalue weighted by atomic mass is 10.0. The second-order valence-corrected chi connectivity index (χ2v) is 5.88. The van der Waals surface area contributed by atoms with E-state index in [1.165, 1.54) is 31.2 Å². The molecule has 2 aliphatic carbocycles. The zero-order valence-electron chi connectivity index (χ0n) is 11.0. The molecule has 0 radical (unpaired) electrons. The number of hydrogen-bond donors (Lipinski definition) is 1. The third-order valence-electron chi connectivity index (χ3n) is 5.02. The van der Waals surface area contributed by atoms with Gasteiger partial charge in [-0.2, -0.15) is 0 Å². The quantitative estimate of drug-likeness (QED) is 0.776.